The molecule has 2 aromatic heterocycles. The Bertz CT molecular complexity index is 658. The lowest BCUT2D eigenvalue weighted by Crippen LogP contribution is -1.97. The first-order valence-corrected chi connectivity index (χ1v) is 8.06. The van der Waals surface area contributed by atoms with Gasteiger partial charge in [-0.1, -0.05) is 29.8 Å². The van der Waals surface area contributed by atoms with Gasteiger partial charge in [-0.05, 0) is 35.0 Å². The smallest absolute Gasteiger partial charge is 0.0637 e. The van der Waals surface area contributed by atoms with E-state index in [0.717, 1.165) is 17.3 Å². The van der Waals surface area contributed by atoms with Crippen LogP contribution in [0.15, 0.2) is 53.2 Å². The molecular formula is C15H12ClNS2. The van der Waals surface area contributed by atoms with Crippen LogP contribution in [0.5, 0.6) is 0 Å². The third-order valence-electron chi connectivity index (χ3n) is 2.79. The molecule has 0 spiro atoms. The molecule has 4 heteroatoms. The minimum atomic E-state index is 0.762. The maximum atomic E-state index is 6.12. The zero-order chi connectivity index (χ0) is 13.1. The lowest BCUT2D eigenvalue weighted by Gasteiger charge is -2.06. The van der Waals surface area contributed by atoms with E-state index in [1.54, 1.807) is 22.7 Å². The van der Waals surface area contributed by atoms with Crippen LogP contribution in [0.3, 0.4) is 0 Å². The van der Waals surface area contributed by atoms with Crippen LogP contribution < -0.4 is 5.32 Å². The van der Waals surface area contributed by atoms with Crippen LogP contribution in [0, 0.1) is 0 Å². The topological polar surface area (TPSA) is 12.0 Å². The van der Waals surface area contributed by atoms with Crippen LogP contribution in [0.1, 0.15) is 4.88 Å². The maximum absolute atomic E-state index is 6.12. The SMILES string of the molecule is Clc1ccccc1NCc1cc(-c2cccs2)cs1. The first-order chi connectivity index (χ1) is 9.33. The van der Waals surface area contributed by atoms with E-state index in [1.165, 1.54) is 15.3 Å². The van der Waals surface area contributed by atoms with Crippen molar-refractivity contribution in [3.63, 3.8) is 0 Å². The summed E-state index contributed by atoms with van der Waals surface area (Å²) in [6.45, 7) is 0.805. The molecule has 0 unspecified atom stereocenters. The maximum Gasteiger partial charge on any atom is 0.0637 e. The molecule has 0 saturated carbocycles. The van der Waals surface area contributed by atoms with E-state index < -0.39 is 0 Å². The van der Waals surface area contributed by atoms with Gasteiger partial charge in [-0.2, -0.15) is 0 Å². The van der Waals surface area contributed by atoms with Crippen molar-refractivity contribution in [2.45, 2.75) is 6.54 Å². The second-order valence-electron chi connectivity index (χ2n) is 4.11. The van der Waals surface area contributed by atoms with Crippen molar-refractivity contribution in [3.8, 4) is 10.4 Å². The number of hydrogen-bond acceptors (Lipinski definition) is 3. The summed E-state index contributed by atoms with van der Waals surface area (Å²) in [5, 5.41) is 8.44. The van der Waals surface area contributed by atoms with Crippen LogP contribution >= 0.6 is 34.3 Å². The Hall–Kier alpha value is -1.29. The Kier molecular flexibility index (Phi) is 3.87. The summed E-state index contributed by atoms with van der Waals surface area (Å²) in [6, 6.07) is 14.3. The molecule has 0 radical (unpaired) electrons. The fraction of sp³-hybridized carbons (Fsp3) is 0.0667. The van der Waals surface area contributed by atoms with Gasteiger partial charge in [0.1, 0.15) is 0 Å². The number of halogens is 1. The van der Waals surface area contributed by atoms with Crippen molar-refractivity contribution in [1.29, 1.82) is 0 Å². The van der Waals surface area contributed by atoms with Crippen molar-refractivity contribution in [3.05, 3.63) is 63.1 Å². The van der Waals surface area contributed by atoms with E-state index in [9.17, 15) is 0 Å². The molecule has 96 valence electrons. The molecule has 0 amide bonds. The first-order valence-electron chi connectivity index (χ1n) is 5.92. The standard InChI is InChI=1S/C15H12ClNS2/c16-13-4-1-2-5-14(13)17-9-12-8-11(10-19-12)15-6-3-7-18-15/h1-8,10,17H,9H2. The molecule has 19 heavy (non-hydrogen) atoms. The monoisotopic (exact) mass is 305 g/mol. The lowest BCUT2D eigenvalue weighted by molar-refractivity contribution is 1.19. The molecular weight excluding hydrogens is 294 g/mol. The Labute approximate surface area is 125 Å². The Morgan fingerprint density at radius 2 is 1.95 bits per heavy atom. The number of thiophene rings is 2. The van der Waals surface area contributed by atoms with E-state index >= 15 is 0 Å². The number of para-hydroxylation sites is 1. The van der Waals surface area contributed by atoms with Crippen molar-refractivity contribution >= 4 is 40.0 Å². The van der Waals surface area contributed by atoms with Crippen molar-refractivity contribution in [2.24, 2.45) is 0 Å². The summed E-state index contributed by atoms with van der Waals surface area (Å²) in [5.74, 6) is 0. The molecule has 0 fully saturated rings. The summed E-state index contributed by atoms with van der Waals surface area (Å²) in [4.78, 5) is 2.63. The average Bonchev–Trinajstić information content (AvgIpc) is 3.09. The summed E-state index contributed by atoms with van der Waals surface area (Å²) in [5.41, 5.74) is 2.28. The number of benzene rings is 1. The zero-order valence-electron chi connectivity index (χ0n) is 10.1. The van der Waals surface area contributed by atoms with E-state index in [0.29, 0.717) is 0 Å². The van der Waals surface area contributed by atoms with Crippen LogP contribution in [0.4, 0.5) is 5.69 Å². The predicted molar refractivity (Wildman–Crippen MR) is 86.4 cm³/mol. The average molecular weight is 306 g/mol. The molecule has 0 aliphatic rings. The van der Waals surface area contributed by atoms with E-state index in [4.69, 9.17) is 11.6 Å². The van der Waals surface area contributed by atoms with Gasteiger partial charge in [-0.25, -0.2) is 0 Å². The first kappa shape index (κ1) is 12.7. The van der Waals surface area contributed by atoms with Crippen LogP contribution in [-0.4, -0.2) is 0 Å². The van der Waals surface area contributed by atoms with Gasteiger partial charge in [0.2, 0.25) is 0 Å². The summed E-state index contributed by atoms with van der Waals surface area (Å²) >= 11 is 9.66. The molecule has 1 nitrogen and oxygen atoms in total. The molecule has 0 aliphatic carbocycles. The minimum absolute atomic E-state index is 0.762. The highest BCUT2D eigenvalue weighted by Crippen LogP contribution is 2.30. The molecule has 1 aromatic carbocycles. The highest BCUT2D eigenvalue weighted by molar-refractivity contribution is 7.14. The van der Waals surface area contributed by atoms with Gasteiger partial charge in [0.15, 0.2) is 0 Å². The van der Waals surface area contributed by atoms with Crippen LogP contribution in [0.25, 0.3) is 10.4 Å². The van der Waals surface area contributed by atoms with Crippen molar-refractivity contribution in [1.82, 2.24) is 0 Å². The number of nitrogens with one attached hydrogen (secondary N) is 1. The Morgan fingerprint density at radius 1 is 1.05 bits per heavy atom. The third kappa shape index (κ3) is 3.00. The van der Waals surface area contributed by atoms with Gasteiger partial charge < -0.3 is 5.32 Å². The van der Waals surface area contributed by atoms with Gasteiger partial charge in [0.25, 0.3) is 0 Å². The molecule has 0 atom stereocenters. The van der Waals surface area contributed by atoms with Gasteiger partial charge >= 0.3 is 0 Å². The molecule has 0 aliphatic heterocycles. The quantitative estimate of drug-likeness (QED) is 0.648. The lowest BCUT2D eigenvalue weighted by atomic mass is 10.2. The zero-order valence-corrected chi connectivity index (χ0v) is 12.5. The van der Waals surface area contributed by atoms with Gasteiger partial charge in [0.05, 0.1) is 10.7 Å². The Morgan fingerprint density at radius 3 is 2.74 bits per heavy atom. The number of hydrogen-bond donors (Lipinski definition) is 1. The fourth-order valence-corrected chi connectivity index (χ4v) is 3.65. The van der Waals surface area contributed by atoms with Gasteiger partial charge in [-0.15, -0.1) is 22.7 Å². The van der Waals surface area contributed by atoms with E-state index in [2.05, 4.69) is 34.3 Å². The molecule has 3 rings (SSSR count). The summed E-state index contributed by atoms with van der Waals surface area (Å²) in [6.07, 6.45) is 0. The Balaban J connectivity index is 1.70. The molecule has 3 aromatic rings. The molecule has 1 N–H and O–H groups in total. The predicted octanol–water partition coefficient (Wildman–Crippen LogP) is 5.74. The minimum Gasteiger partial charge on any atom is -0.379 e. The fourth-order valence-electron chi connectivity index (χ4n) is 1.83. The third-order valence-corrected chi connectivity index (χ3v) is 4.97. The van der Waals surface area contributed by atoms with Crippen molar-refractivity contribution < 1.29 is 0 Å². The van der Waals surface area contributed by atoms with E-state index in [1.807, 2.05) is 24.3 Å². The van der Waals surface area contributed by atoms with Crippen LogP contribution in [0.2, 0.25) is 5.02 Å². The second-order valence-corrected chi connectivity index (χ2v) is 6.46. The second kappa shape index (κ2) is 5.78. The van der Waals surface area contributed by atoms with Crippen molar-refractivity contribution in [2.75, 3.05) is 5.32 Å². The molecule has 0 saturated heterocycles. The summed E-state index contributed by atoms with van der Waals surface area (Å²) < 4.78 is 0. The highest BCUT2D eigenvalue weighted by atomic mass is 35.5. The van der Waals surface area contributed by atoms with Gasteiger partial charge in [-0.3, -0.25) is 0 Å². The van der Waals surface area contributed by atoms with E-state index in [-0.39, 0.29) is 0 Å². The molecule has 2 heterocycles. The number of anilines is 1. The molecule has 0 bridgehead atoms. The van der Waals surface area contributed by atoms with Crippen LogP contribution in [-0.2, 0) is 6.54 Å². The number of rotatable bonds is 4. The highest BCUT2D eigenvalue weighted by Gasteiger charge is 2.04. The summed E-state index contributed by atoms with van der Waals surface area (Å²) in [7, 11) is 0. The normalized spacial score (nSPS) is 10.6. The van der Waals surface area contributed by atoms with Gasteiger partial charge in [0, 0.05) is 21.9 Å². The largest absolute Gasteiger partial charge is 0.379 e.